The van der Waals surface area contributed by atoms with Crippen molar-refractivity contribution < 1.29 is 104 Å². The highest BCUT2D eigenvalue weighted by Gasteiger charge is 2.60. The average molecular weight is 1110 g/mol. The number of carbonyl (C=O) groups excluding carboxylic acids is 2. The molecule has 0 aromatic rings. The Hall–Kier alpha value is -2.27. The molecule has 0 saturated carbocycles. The normalized spacial score (nSPS) is 31.3. The van der Waals surface area contributed by atoms with Crippen molar-refractivity contribution in [3.63, 3.8) is 0 Å². The molecule has 18 atom stereocenters. The van der Waals surface area contributed by atoms with E-state index in [-0.39, 0.29) is 18.9 Å². The van der Waals surface area contributed by atoms with Crippen LogP contribution in [0.5, 0.6) is 0 Å². The third kappa shape index (κ3) is 22.9. The summed E-state index contributed by atoms with van der Waals surface area (Å²) in [7, 11) is 0. The molecule has 0 radical (unpaired) electrons. The molecule has 23 nitrogen and oxygen atoms in total. The van der Waals surface area contributed by atoms with Gasteiger partial charge in [0.15, 0.2) is 12.6 Å². The molecule has 0 aromatic heterocycles. The second-order valence-corrected chi connectivity index (χ2v) is 21.5. The van der Waals surface area contributed by atoms with Gasteiger partial charge in [0.05, 0.1) is 50.7 Å². The van der Waals surface area contributed by atoms with Gasteiger partial charge in [-0.25, -0.2) is 4.79 Å². The van der Waals surface area contributed by atoms with Gasteiger partial charge in [0, 0.05) is 19.8 Å². The van der Waals surface area contributed by atoms with Gasteiger partial charge in [-0.15, -0.1) is 0 Å². The van der Waals surface area contributed by atoms with Crippen molar-refractivity contribution in [1.82, 2.24) is 10.6 Å². The predicted octanol–water partition coefficient (Wildman–Crippen LogP) is 1.44. The second kappa shape index (κ2) is 37.7. The van der Waals surface area contributed by atoms with Crippen LogP contribution in [0.2, 0.25) is 0 Å². The molecule has 0 bridgehead atoms. The lowest BCUT2D eigenvalue weighted by Crippen LogP contribution is -2.70. The summed E-state index contributed by atoms with van der Waals surface area (Å²) in [6.07, 6.45) is -2.75. The Labute approximate surface area is 455 Å². The lowest BCUT2D eigenvalue weighted by Gasteiger charge is -2.50. The van der Waals surface area contributed by atoms with Crippen LogP contribution in [0.3, 0.4) is 0 Å². The van der Waals surface area contributed by atoms with Gasteiger partial charge in [0.25, 0.3) is 5.79 Å². The number of carbonyl (C=O) groups is 3. The largest absolute Gasteiger partial charge is 0.477 e. The maximum absolute atomic E-state index is 13.3. The van der Waals surface area contributed by atoms with Crippen molar-refractivity contribution in [3.05, 3.63) is 0 Å². The molecule has 23 heteroatoms. The Morgan fingerprint density at radius 2 is 1.13 bits per heavy atom. The van der Waals surface area contributed by atoms with Crippen LogP contribution in [-0.4, -0.2) is 215 Å². The number of rotatable bonds is 41. The highest BCUT2D eigenvalue weighted by molar-refractivity contribution is 5.77. The van der Waals surface area contributed by atoms with Crippen LogP contribution in [-0.2, 0) is 42.8 Å². The molecule has 77 heavy (non-hydrogen) atoms. The van der Waals surface area contributed by atoms with Crippen LogP contribution >= 0.6 is 0 Å². The average Bonchev–Trinajstić information content (AvgIpc) is 3.40. The van der Waals surface area contributed by atoms with E-state index in [0.29, 0.717) is 19.3 Å². The number of carboxylic acid groups (broad SMARTS) is 1. The van der Waals surface area contributed by atoms with Crippen LogP contribution in [0.4, 0.5) is 0 Å². The number of aliphatic hydroxyl groups is 11. The van der Waals surface area contributed by atoms with E-state index in [1.807, 2.05) is 0 Å². The SMILES string of the molecule is CCCCCCCCCCCCCCC(=O)NC(COC1OC(CO)C(OC2OC(CO)C(O)C(OC3(C(=O)O)CC(O)C(NC(C)=O)C(C(O)C(O)CO)O3)C2O)C(O)C1O)C(O)CCCCCCCCCCCCC. The Bertz CT molecular complexity index is 1600. The molecule has 3 saturated heterocycles. The molecule has 14 N–H and O–H groups in total. The first-order chi connectivity index (χ1) is 36.9. The van der Waals surface area contributed by atoms with Gasteiger partial charge >= 0.3 is 5.97 Å². The first-order valence-electron chi connectivity index (χ1n) is 28.9. The van der Waals surface area contributed by atoms with Crippen LogP contribution < -0.4 is 10.6 Å². The molecule has 3 rings (SSSR count). The molecule has 0 aliphatic carbocycles. The summed E-state index contributed by atoms with van der Waals surface area (Å²) >= 11 is 0. The van der Waals surface area contributed by atoms with Crippen molar-refractivity contribution in [2.45, 2.75) is 298 Å². The van der Waals surface area contributed by atoms with Crippen molar-refractivity contribution >= 4 is 17.8 Å². The molecule has 3 fully saturated rings. The summed E-state index contributed by atoms with van der Waals surface area (Å²) in [4.78, 5) is 38.3. The van der Waals surface area contributed by atoms with E-state index in [1.54, 1.807) is 0 Å². The zero-order chi connectivity index (χ0) is 56.9. The molecule has 3 aliphatic rings. The lowest BCUT2D eigenvalue weighted by atomic mass is 9.88. The first kappa shape index (κ1) is 69.0. The molecule has 0 aromatic carbocycles. The summed E-state index contributed by atoms with van der Waals surface area (Å²) in [6, 6.07) is -2.52. The highest BCUT2D eigenvalue weighted by Crippen LogP contribution is 2.38. The van der Waals surface area contributed by atoms with Gasteiger partial charge in [0.2, 0.25) is 11.8 Å². The van der Waals surface area contributed by atoms with Crippen LogP contribution in [0.25, 0.3) is 0 Å². The van der Waals surface area contributed by atoms with Crippen molar-refractivity contribution in [2.24, 2.45) is 0 Å². The number of unbranched alkanes of at least 4 members (excludes halogenated alkanes) is 21. The fourth-order valence-electron chi connectivity index (χ4n) is 10.4. The zero-order valence-electron chi connectivity index (χ0n) is 46.1. The number of ether oxygens (including phenoxy) is 6. The van der Waals surface area contributed by atoms with E-state index < -0.39 is 148 Å². The van der Waals surface area contributed by atoms with E-state index in [0.717, 1.165) is 58.3 Å². The summed E-state index contributed by atoms with van der Waals surface area (Å²) in [6.45, 7) is 2.13. The molecule has 2 amide bonds. The summed E-state index contributed by atoms with van der Waals surface area (Å²) in [5.41, 5.74) is 0. The van der Waals surface area contributed by atoms with Gasteiger partial charge in [-0.2, -0.15) is 0 Å². The smallest absolute Gasteiger partial charge is 0.364 e. The number of amides is 2. The fourth-order valence-corrected chi connectivity index (χ4v) is 10.4. The predicted molar refractivity (Wildman–Crippen MR) is 278 cm³/mol. The van der Waals surface area contributed by atoms with E-state index in [9.17, 15) is 75.7 Å². The monoisotopic (exact) mass is 1110 g/mol. The zero-order valence-corrected chi connectivity index (χ0v) is 46.1. The number of hydrogen-bond donors (Lipinski definition) is 14. The molecule has 452 valence electrons. The molecular weight excluding hydrogens is 1010 g/mol. The standard InChI is InChI=1S/C54H100N2O21/c1-4-6-8-10-12-14-16-18-20-22-24-26-28-41(64)56-35(36(61)27-25-23-21-19-17-15-13-11-9-7-5-2)33-72-51-46(68)45(67)48(40(32-59)74-51)75-52-47(69)50(44(66)39(31-58)73-52)77-54(53(70)71)29-37(62)42(55-34(3)60)49(76-54)43(65)38(63)30-57/h35-40,42-52,57-59,61-63,65-69H,4-33H2,1-3H3,(H,55,60)(H,56,64)(H,70,71). The topological polar surface area (TPSA) is 373 Å². The van der Waals surface area contributed by atoms with Crippen LogP contribution in [0.15, 0.2) is 0 Å². The summed E-state index contributed by atoms with van der Waals surface area (Å²) in [5, 5.41) is 135. The van der Waals surface area contributed by atoms with Crippen molar-refractivity contribution in [3.8, 4) is 0 Å². The summed E-state index contributed by atoms with van der Waals surface area (Å²) in [5.74, 6) is -6.10. The maximum Gasteiger partial charge on any atom is 0.364 e. The van der Waals surface area contributed by atoms with Crippen molar-refractivity contribution in [2.75, 3.05) is 26.4 Å². The fraction of sp³-hybridized carbons (Fsp3) is 0.944. The van der Waals surface area contributed by atoms with Crippen molar-refractivity contribution in [1.29, 1.82) is 0 Å². The number of nitrogens with one attached hydrogen (secondary N) is 2. The maximum atomic E-state index is 13.3. The molecule has 18 unspecified atom stereocenters. The third-order valence-electron chi connectivity index (χ3n) is 15.1. The Morgan fingerprint density at radius 3 is 1.62 bits per heavy atom. The van der Waals surface area contributed by atoms with Gasteiger partial charge in [-0.05, 0) is 12.8 Å². The van der Waals surface area contributed by atoms with Gasteiger partial charge in [-0.1, -0.05) is 155 Å². The third-order valence-corrected chi connectivity index (χ3v) is 15.1. The number of hydrogen-bond acceptors (Lipinski definition) is 20. The molecule has 3 aliphatic heterocycles. The van der Waals surface area contributed by atoms with E-state index in [1.165, 1.54) is 83.5 Å². The quantitative estimate of drug-likeness (QED) is 0.0385. The van der Waals surface area contributed by atoms with E-state index in [4.69, 9.17) is 28.4 Å². The minimum absolute atomic E-state index is 0.227. The van der Waals surface area contributed by atoms with Crippen LogP contribution in [0, 0.1) is 0 Å². The first-order valence-corrected chi connectivity index (χ1v) is 28.9. The summed E-state index contributed by atoms with van der Waals surface area (Å²) < 4.78 is 34.6. The van der Waals surface area contributed by atoms with Crippen LogP contribution in [0.1, 0.15) is 188 Å². The molecular formula is C54H100N2O21. The number of aliphatic hydroxyl groups excluding tert-OH is 11. The van der Waals surface area contributed by atoms with Gasteiger partial charge in [-0.3, -0.25) is 9.59 Å². The lowest BCUT2D eigenvalue weighted by molar-refractivity contribution is -0.386. The van der Waals surface area contributed by atoms with E-state index in [2.05, 4.69) is 24.5 Å². The Morgan fingerprint density at radius 1 is 0.623 bits per heavy atom. The number of aliphatic carboxylic acids is 1. The minimum atomic E-state index is -3.07. The van der Waals surface area contributed by atoms with E-state index >= 15 is 0 Å². The van der Waals surface area contributed by atoms with Gasteiger partial charge in [0.1, 0.15) is 67.1 Å². The Kier molecular flexibility index (Phi) is 33.8. The van der Waals surface area contributed by atoms with Gasteiger partial charge < -0.3 is 100 Å². The molecule has 3 heterocycles. The molecule has 0 spiro atoms. The minimum Gasteiger partial charge on any atom is -0.477 e. The second-order valence-electron chi connectivity index (χ2n) is 21.5. The highest BCUT2D eigenvalue weighted by atomic mass is 16.8. The number of carboxylic acids is 1. The Balaban J connectivity index is 1.69.